The normalized spacial score (nSPS) is 14.5. The summed E-state index contributed by atoms with van der Waals surface area (Å²) in [6, 6.07) is 1.29. The van der Waals surface area contributed by atoms with E-state index in [9.17, 15) is 9.18 Å². The topological polar surface area (TPSA) is 20.3 Å². The zero-order chi connectivity index (χ0) is 12.6. The van der Waals surface area contributed by atoms with E-state index in [1.54, 1.807) is 17.9 Å². The number of nitrogens with zero attached hydrogens (tertiary/aromatic N) is 1. The maximum atomic E-state index is 13.4. The van der Waals surface area contributed by atoms with E-state index in [0.29, 0.717) is 28.7 Å². The lowest BCUT2D eigenvalue weighted by Gasteiger charge is -2.17. The van der Waals surface area contributed by atoms with Crippen molar-refractivity contribution in [2.24, 2.45) is 0 Å². The van der Waals surface area contributed by atoms with Crippen LogP contribution < -0.4 is 4.90 Å². The number of rotatable bonds is 1. The number of amides is 1. The average molecular weight is 319 g/mol. The smallest absolute Gasteiger partial charge is 0.250 e. The first-order valence-electron chi connectivity index (χ1n) is 5.16. The molecule has 0 saturated heterocycles. The summed E-state index contributed by atoms with van der Waals surface area (Å²) in [4.78, 5) is 13.4. The summed E-state index contributed by atoms with van der Waals surface area (Å²) in [5.41, 5.74) is 1.37. The van der Waals surface area contributed by atoms with Gasteiger partial charge in [0.25, 0.3) is 5.91 Å². The lowest BCUT2D eigenvalue weighted by Crippen LogP contribution is -2.27. The molecule has 0 atom stereocenters. The van der Waals surface area contributed by atoms with E-state index in [1.807, 2.05) is 0 Å². The second-order valence-corrected chi connectivity index (χ2v) is 4.95. The maximum absolute atomic E-state index is 13.4. The van der Waals surface area contributed by atoms with Crippen LogP contribution in [0, 0.1) is 5.82 Å². The number of carbonyl (C=O) groups excluding carboxylic acids is 1. The van der Waals surface area contributed by atoms with Crippen LogP contribution in [0.4, 0.5) is 10.1 Å². The summed E-state index contributed by atoms with van der Waals surface area (Å²) < 4.78 is 14.0. The Kier molecular flexibility index (Phi) is 3.54. The molecule has 5 heteroatoms. The quantitative estimate of drug-likeness (QED) is 0.571. The molecule has 0 aromatic heterocycles. The van der Waals surface area contributed by atoms with Crippen molar-refractivity contribution < 1.29 is 9.18 Å². The Hall–Kier alpha value is -0.870. The summed E-state index contributed by atoms with van der Waals surface area (Å²) in [6.07, 6.45) is 3.74. The number of allylic oxidation sites excluding steroid dienone is 1. The SMILES string of the molecule is C/C=C/C(=O)N1CCc2c(Cl)c(F)cc(Br)c21. The largest absolute Gasteiger partial charge is 0.307 e. The van der Waals surface area contributed by atoms with Crippen LogP contribution in [-0.2, 0) is 11.2 Å². The van der Waals surface area contributed by atoms with Crippen molar-refractivity contribution in [3.05, 3.63) is 39.1 Å². The Morgan fingerprint density at radius 2 is 2.35 bits per heavy atom. The number of anilines is 1. The molecule has 0 radical (unpaired) electrons. The molecule has 2 nitrogen and oxygen atoms in total. The second-order valence-electron chi connectivity index (χ2n) is 3.72. The van der Waals surface area contributed by atoms with Gasteiger partial charge in [0, 0.05) is 16.6 Å². The Bertz CT molecular complexity index is 516. The van der Waals surface area contributed by atoms with Gasteiger partial charge in [0.2, 0.25) is 0 Å². The van der Waals surface area contributed by atoms with E-state index in [-0.39, 0.29) is 10.9 Å². The van der Waals surface area contributed by atoms with Gasteiger partial charge in [-0.1, -0.05) is 17.7 Å². The van der Waals surface area contributed by atoms with E-state index in [2.05, 4.69) is 15.9 Å². The fourth-order valence-electron chi connectivity index (χ4n) is 1.94. The minimum absolute atomic E-state index is 0.110. The van der Waals surface area contributed by atoms with Crippen molar-refractivity contribution in [2.75, 3.05) is 11.4 Å². The van der Waals surface area contributed by atoms with Gasteiger partial charge in [0.05, 0.1) is 10.7 Å². The van der Waals surface area contributed by atoms with Crippen molar-refractivity contribution in [1.82, 2.24) is 0 Å². The molecule has 0 unspecified atom stereocenters. The number of hydrogen-bond acceptors (Lipinski definition) is 1. The molecule has 1 aliphatic heterocycles. The fourth-order valence-corrected chi connectivity index (χ4v) is 2.84. The summed E-state index contributed by atoms with van der Waals surface area (Å²) >= 11 is 9.18. The highest BCUT2D eigenvalue weighted by atomic mass is 79.9. The molecule has 17 heavy (non-hydrogen) atoms. The molecule has 0 aliphatic carbocycles. The minimum atomic E-state index is -0.461. The minimum Gasteiger partial charge on any atom is -0.307 e. The van der Waals surface area contributed by atoms with Crippen molar-refractivity contribution in [1.29, 1.82) is 0 Å². The Labute approximate surface area is 112 Å². The summed E-state index contributed by atoms with van der Waals surface area (Å²) in [6.45, 7) is 2.31. The van der Waals surface area contributed by atoms with Crippen LogP contribution in [0.2, 0.25) is 5.02 Å². The number of halogens is 3. The van der Waals surface area contributed by atoms with Crippen LogP contribution in [0.1, 0.15) is 12.5 Å². The van der Waals surface area contributed by atoms with E-state index in [4.69, 9.17) is 11.6 Å². The van der Waals surface area contributed by atoms with Gasteiger partial charge in [-0.25, -0.2) is 4.39 Å². The predicted molar refractivity (Wildman–Crippen MR) is 70.0 cm³/mol. The molecule has 90 valence electrons. The maximum Gasteiger partial charge on any atom is 0.250 e. The molecule has 0 bridgehead atoms. The van der Waals surface area contributed by atoms with Gasteiger partial charge in [0.15, 0.2) is 0 Å². The molecule has 1 aromatic rings. The molecule has 1 heterocycles. The Morgan fingerprint density at radius 3 is 3.00 bits per heavy atom. The van der Waals surface area contributed by atoms with Crippen LogP contribution in [-0.4, -0.2) is 12.5 Å². The van der Waals surface area contributed by atoms with Crippen LogP contribution >= 0.6 is 27.5 Å². The first-order valence-corrected chi connectivity index (χ1v) is 6.34. The van der Waals surface area contributed by atoms with Crippen LogP contribution in [0.3, 0.4) is 0 Å². The lowest BCUT2D eigenvalue weighted by molar-refractivity contribution is -0.114. The molecule has 1 aromatic carbocycles. The summed E-state index contributed by atoms with van der Waals surface area (Å²) in [5, 5.41) is 0.110. The van der Waals surface area contributed by atoms with Crippen molar-refractivity contribution in [3.8, 4) is 0 Å². The molecule has 0 spiro atoms. The third kappa shape index (κ3) is 2.11. The first-order chi connectivity index (χ1) is 8.06. The standard InChI is InChI=1S/C12H10BrClFNO/c1-2-3-10(17)16-5-4-7-11(14)9(15)6-8(13)12(7)16/h2-3,6H,4-5H2,1H3/b3-2+. The van der Waals surface area contributed by atoms with Crippen LogP contribution in [0.15, 0.2) is 22.7 Å². The highest BCUT2D eigenvalue weighted by Crippen LogP contribution is 2.41. The van der Waals surface area contributed by atoms with Crippen LogP contribution in [0.5, 0.6) is 0 Å². The fraction of sp³-hybridized carbons (Fsp3) is 0.250. The summed E-state index contributed by atoms with van der Waals surface area (Å²) in [7, 11) is 0. The average Bonchev–Trinajstić information content (AvgIpc) is 2.71. The molecule has 0 saturated carbocycles. The highest BCUT2D eigenvalue weighted by Gasteiger charge is 2.29. The van der Waals surface area contributed by atoms with Crippen molar-refractivity contribution in [3.63, 3.8) is 0 Å². The Balaban J connectivity index is 2.52. The summed E-state index contributed by atoms with van der Waals surface area (Å²) in [5.74, 6) is -0.577. The van der Waals surface area contributed by atoms with Gasteiger partial charge in [0.1, 0.15) is 5.82 Å². The second kappa shape index (κ2) is 4.78. The van der Waals surface area contributed by atoms with Gasteiger partial charge < -0.3 is 4.90 Å². The first kappa shape index (κ1) is 12.6. The molecular weight excluding hydrogens is 308 g/mol. The van der Waals surface area contributed by atoms with Gasteiger partial charge in [-0.2, -0.15) is 0 Å². The number of hydrogen-bond donors (Lipinski definition) is 0. The van der Waals surface area contributed by atoms with Crippen molar-refractivity contribution >= 4 is 39.1 Å². The molecule has 1 amide bonds. The van der Waals surface area contributed by atoms with E-state index < -0.39 is 5.82 Å². The van der Waals surface area contributed by atoms with E-state index >= 15 is 0 Å². The van der Waals surface area contributed by atoms with Crippen LogP contribution in [0.25, 0.3) is 0 Å². The zero-order valence-electron chi connectivity index (χ0n) is 9.14. The zero-order valence-corrected chi connectivity index (χ0v) is 11.5. The number of fused-ring (bicyclic) bond motifs is 1. The van der Waals surface area contributed by atoms with Gasteiger partial charge >= 0.3 is 0 Å². The van der Waals surface area contributed by atoms with E-state index in [1.165, 1.54) is 12.1 Å². The lowest BCUT2D eigenvalue weighted by atomic mass is 10.1. The van der Waals surface area contributed by atoms with E-state index in [0.717, 1.165) is 0 Å². The number of benzene rings is 1. The molecule has 0 fully saturated rings. The van der Waals surface area contributed by atoms with Gasteiger partial charge in [-0.05, 0) is 41.4 Å². The third-order valence-electron chi connectivity index (χ3n) is 2.67. The number of carbonyl (C=O) groups is 1. The molecule has 0 N–H and O–H groups in total. The monoisotopic (exact) mass is 317 g/mol. The molecule has 1 aliphatic rings. The van der Waals surface area contributed by atoms with Crippen molar-refractivity contribution in [2.45, 2.75) is 13.3 Å². The highest BCUT2D eigenvalue weighted by molar-refractivity contribution is 9.10. The molecule has 2 rings (SSSR count). The predicted octanol–water partition coefficient (Wildman–Crippen LogP) is 3.71. The van der Waals surface area contributed by atoms with Gasteiger partial charge in [-0.3, -0.25) is 4.79 Å². The third-order valence-corrected chi connectivity index (χ3v) is 3.68. The molecular formula is C12H10BrClFNO. The Morgan fingerprint density at radius 1 is 1.65 bits per heavy atom. The van der Waals surface area contributed by atoms with Gasteiger partial charge in [-0.15, -0.1) is 0 Å².